The van der Waals surface area contributed by atoms with Crippen LogP contribution in [-0.4, -0.2) is 16.1 Å². The van der Waals surface area contributed by atoms with Gasteiger partial charge in [-0.1, -0.05) is 6.07 Å². The topological polar surface area (TPSA) is 76.2 Å². The van der Waals surface area contributed by atoms with Crippen LogP contribution < -0.4 is 5.73 Å². The molecule has 0 spiro atoms. The number of rotatable bonds is 3. The molecule has 1 aliphatic rings. The van der Waals surface area contributed by atoms with Crippen molar-refractivity contribution in [3.05, 3.63) is 29.6 Å². The number of hydrogen-bond acceptors (Lipinski definition) is 3. The fourth-order valence-electron chi connectivity index (χ4n) is 1.57. The predicted molar refractivity (Wildman–Crippen MR) is 50.8 cm³/mol. The smallest absolute Gasteiger partial charge is 0.354 e. The van der Waals surface area contributed by atoms with Crippen LogP contribution in [-0.2, 0) is 0 Å². The zero-order valence-corrected chi connectivity index (χ0v) is 7.68. The van der Waals surface area contributed by atoms with Crippen LogP contribution in [0.3, 0.4) is 0 Å². The zero-order valence-electron chi connectivity index (χ0n) is 7.68. The number of carboxylic acids is 1. The zero-order chi connectivity index (χ0) is 10.1. The molecule has 2 rings (SSSR count). The maximum atomic E-state index is 10.9. The lowest BCUT2D eigenvalue weighted by atomic mass is 10.0. The molecule has 1 aliphatic carbocycles. The fraction of sp³-hybridized carbons (Fsp3) is 0.400. The highest BCUT2D eigenvalue weighted by Crippen LogP contribution is 2.39. The third kappa shape index (κ3) is 1.61. The Morgan fingerprint density at radius 1 is 1.64 bits per heavy atom. The summed E-state index contributed by atoms with van der Waals surface area (Å²) in [5.74, 6) is -0.561. The number of nitrogens with zero attached hydrogens (tertiary/aromatic N) is 1. The van der Waals surface area contributed by atoms with Crippen molar-refractivity contribution in [3.63, 3.8) is 0 Å². The van der Waals surface area contributed by atoms with Gasteiger partial charge >= 0.3 is 5.97 Å². The summed E-state index contributed by atoms with van der Waals surface area (Å²) in [7, 11) is 0. The summed E-state index contributed by atoms with van der Waals surface area (Å²) in [5, 5.41) is 8.90. The van der Waals surface area contributed by atoms with E-state index in [0.717, 1.165) is 12.8 Å². The molecule has 3 N–H and O–H groups in total. The molecule has 74 valence electrons. The number of aromatic nitrogens is 1. The highest BCUT2D eigenvalue weighted by atomic mass is 16.4. The van der Waals surface area contributed by atoms with Gasteiger partial charge in [0.25, 0.3) is 0 Å². The Morgan fingerprint density at radius 3 is 2.93 bits per heavy atom. The molecule has 4 heteroatoms. The fourth-order valence-corrected chi connectivity index (χ4v) is 1.57. The van der Waals surface area contributed by atoms with Gasteiger partial charge < -0.3 is 10.8 Å². The van der Waals surface area contributed by atoms with E-state index in [2.05, 4.69) is 4.98 Å². The minimum absolute atomic E-state index is 0.0897. The third-order valence-electron chi connectivity index (χ3n) is 2.53. The molecule has 0 radical (unpaired) electrons. The van der Waals surface area contributed by atoms with Crippen molar-refractivity contribution in [2.24, 2.45) is 11.7 Å². The van der Waals surface area contributed by atoms with Gasteiger partial charge in [-0.05, 0) is 24.8 Å². The van der Waals surface area contributed by atoms with E-state index in [-0.39, 0.29) is 11.7 Å². The molecule has 0 aliphatic heterocycles. The van der Waals surface area contributed by atoms with E-state index in [1.807, 2.05) is 0 Å². The van der Waals surface area contributed by atoms with Crippen molar-refractivity contribution in [1.82, 2.24) is 4.98 Å². The molecule has 1 aromatic rings. The monoisotopic (exact) mass is 192 g/mol. The molecule has 0 aromatic carbocycles. The van der Waals surface area contributed by atoms with Gasteiger partial charge in [-0.3, -0.25) is 0 Å². The van der Waals surface area contributed by atoms with E-state index in [4.69, 9.17) is 10.8 Å². The Labute approximate surface area is 81.8 Å². The van der Waals surface area contributed by atoms with Gasteiger partial charge in [0, 0.05) is 17.8 Å². The van der Waals surface area contributed by atoms with E-state index in [1.54, 1.807) is 12.1 Å². The lowest BCUT2D eigenvalue weighted by Gasteiger charge is -2.12. The Balaban J connectivity index is 2.34. The molecule has 0 bridgehead atoms. The summed E-state index contributed by atoms with van der Waals surface area (Å²) in [6, 6.07) is 3.30. The minimum atomic E-state index is -1.00. The number of nitrogens with two attached hydrogens (primary N) is 1. The standard InChI is InChI=1S/C10H12N2O2/c11-8(6-3-4-6)7-2-1-5-12-9(7)10(13)14/h1-2,5-6,8H,3-4,11H2,(H,13,14)/t8-/m0/s1. The van der Waals surface area contributed by atoms with E-state index in [1.165, 1.54) is 6.20 Å². The van der Waals surface area contributed by atoms with Crippen LogP contribution >= 0.6 is 0 Å². The molecule has 1 aromatic heterocycles. The Bertz CT molecular complexity index is 361. The molecule has 0 saturated heterocycles. The molecule has 1 atom stereocenters. The summed E-state index contributed by atoms with van der Waals surface area (Å²) in [6.45, 7) is 0. The summed E-state index contributed by atoms with van der Waals surface area (Å²) in [6.07, 6.45) is 3.66. The number of carbonyl (C=O) groups is 1. The van der Waals surface area contributed by atoms with Crippen LogP contribution in [0.1, 0.15) is 34.9 Å². The maximum absolute atomic E-state index is 10.9. The van der Waals surface area contributed by atoms with Gasteiger partial charge in [-0.2, -0.15) is 0 Å². The SMILES string of the molecule is N[C@H](c1cccnc1C(=O)O)C1CC1. The molecular formula is C10H12N2O2. The highest BCUT2D eigenvalue weighted by Gasteiger charge is 2.32. The first-order valence-electron chi connectivity index (χ1n) is 4.64. The Hall–Kier alpha value is -1.42. The summed E-state index contributed by atoms with van der Waals surface area (Å²) in [5.41, 5.74) is 6.68. The number of pyridine rings is 1. The first-order valence-corrected chi connectivity index (χ1v) is 4.64. The second-order valence-corrected chi connectivity index (χ2v) is 3.61. The number of aromatic carboxylic acids is 1. The van der Waals surface area contributed by atoms with Crippen LogP contribution in [0.15, 0.2) is 18.3 Å². The van der Waals surface area contributed by atoms with Gasteiger partial charge in [0.1, 0.15) is 0 Å². The minimum Gasteiger partial charge on any atom is -0.477 e. The normalized spacial score (nSPS) is 17.8. The van der Waals surface area contributed by atoms with Gasteiger partial charge in [0.15, 0.2) is 5.69 Å². The van der Waals surface area contributed by atoms with Crippen molar-refractivity contribution in [2.45, 2.75) is 18.9 Å². The maximum Gasteiger partial charge on any atom is 0.354 e. The molecule has 1 fully saturated rings. The lowest BCUT2D eigenvalue weighted by molar-refractivity contribution is 0.0688. The molecule has 0 amide bonds. The molecule has 4 nitrogen and oxygen atoms in total. The van der Waals surface area contributed by atoms with Crippen molar-refractivity contribution in [3.8, 4) is 0 Å². The van der Waals surface area contributed by atoms with Crippen molar-refractivity contribution in [1.29, 1.82) is 0 Å². The van der Waals surface area contributed by atoms with Gasteiger partial charge in [-0.15, -0.1) is 0 Å². The largest absolute Gasteiger partial charge is 0.477 e. The van der Waals surface area contributed by atoms with E-state index in [9.17, 15) is 4.79 Å². The Kier molecular flexibility index (Phi) is 2.21. The second kappa shape index (κ2) is 3.38. The molecule has 1 saturated carbocycles. The second-order valence-electron chi connectivity index (χ2n) is 3.61. The van der Waals surface area contributed by atoms with Crippen molar-refractivity contribution in [2.75, 3.05) is 0 Å². The van der Waals surface area contributed by atoms with Gasteiger partial charge in [0.2, 0.25) is 0 Å². The van der Waals surface area contributed by atoms with Crippen LogP contribution in [0.25, 0.3) is 0 Å². The average Bonchev–Trinajstić information content (AvgIpc) is 3.00. The van der Waals surface area contributed by atoms with Crippen molar-refractivity contribution < 1.29 is 9.90 Å². The van der Waals surface area contributed by atoms with Crippen LogP contribution in [0.4, 0.5) is 0 Å². The first kappa shape index (κ1) is 9.15. The quantitative estimate of drug-likeness (QED) is 0.754. The predicted octanol–water partition coefficient (Wildman–Crippen LogP) is 1.19. The van der Waals surface area contributed by atoms with Crippen LogP contribution in [0.5, 0.6) is 0 Å². The number of hydrogen-bond donors (Lipinski definition) is 2. The first-order chi connectivity index (χ1) is 6.70. The lowest BCUT2D eigenvalue weighted by Crippen LogP contribution is -2.17. The third-order valence-corrected chi connectivity index (χ3v) is 2.53. The van der Waals surface area contributed by atoms with E-state index >= 15 is 0 Å². The van der Waals surface area contributed by atoms with Gasteiger partial charge in [0.05, 0.1) is 0 Å². The van der Waals surface area contributed by atoms with Crippen LogP contribution in [0, 0.1) is 5.92 Å². The highest BCUT2D eigenvalue weighted by molar-refractivity contribution is 5.87. The van der Waals surface area contributed by atoms with Crippen molar-refractivity contribution >= 4 is 5.97 Å². The summed E-state index contributed by atoms with van der Waals surface area (Å²) in [4.78, 5) is 14.7. The van der Waals surface area contributed by atoms with E-state index in [0.29, 0.717) is 11.5 Å². The average molecular weight is 192 g/mol. The van der Waals surface area contributed by atoms with Gasteiger partial charge in [-0.25, -0.2) is 9.78 Å². The summed E-state index contributed by atoms with van der Waals surface area (Å²) < 4.78 is 0. The van der Waals surface area contributed by atoms with E-state index < -0.39 is 5.97 Å². The molecular weight excluding hydrogens is 180 g/mol. The Morgan fingerprint density at radius 2 is 2.36 bits per heavy atom. The molecule has 1 heterocycles. The molecule has 0 unspecified atom stereocenters. The van der Waals surface area contributed by atoms with Crippen LogP contribution in [0.2, 0.25) is 0 Å². The number of carboxylic acid groups (broad SMARTS) is 1. The summed E-state index contributed by atoms with van der Waals surface area (Å²) >= 11 is 0. The molecule has 14 heavy (non-hydrogen) atoms.